The predicted molar refractivity (Wildman–Crippen MR) is 89.9 cm³/mol. The highest BCUT2D eigenvalue weighted by atomic mass is 16.2. The van der Waals surface area contributed by atoms with Crippen molar-refractivity contribution in [1.82, 2.24) is 9.55 Å². The summed E-state index contributed by atoms with van der Waals surface area (Å²) in [7, 11) is 1.61. The number of pyridine rings is 2. The fourth-order valence-corrected chi connectivity index (χ4v) is 2.55. The lowest BCUT2D eigenvalue weighted by molar-refractivity contribution is -0.116. The van der Waals surface area contributed by atoms with Gasteiger partial charge in [0.05, 0.1) is 5.69 Å². The maximum atomic E-state index is 12.1. The van der Waals surface area contributed by atoms with Crippen LogP contribution in [0.15, 0.2) is 27.9 Å². The van der Waals surface area contributed by atoms with Gasteiger partial charge < -0.3 is 14.9 Å². The number of aromatic nitrogens is 2. The minimum Gasteiger partial charge on any atom is -0.325 e. The maximum absolute atomic E-state index is 12.1. The van der Waals surface area contributed by atoms with Crippen LogP contribution in [-0.4, -0.2) is 15.5 Å². The van der Waals surface area contributed by atoms with Crippen LogP contribution in [0.3, 0.4) is 0 Å². The Hall–Kier alpha value is -3.14. The van der Waals surface area contributed by atoms with Crippen molar-refractivity contribution < 1.29 is 4.79 Å². The Bertz CT molecular complexity index is 948. The lowest BCUT2D eigenvalue weighted by atomic mass is 9.99. The SMILES string of the molecule is Cc1[nH]c(=O)c(C#N)c(C)c1CCC(=O)Nc1ccc(=O)n(C)c1. The van der Waals surface area contributed by atoms with E-state index in [1.165, 1.54) is 10.6 Å². The molecule has 124 valence electrons. The van der Waals surface area contributed by atoms with Crippen LogP contribution in [0.4, 0.5) is 5.69 Å². The number of nitriles is 1. The number of hydrogen-bond donors (Lipinski definition) is 2. The number of aromatic amines is 1. The molecule has 0 saturated carbocycles. The van der Waals surface area contributed by atoms with E-state index < -0.39 is 5.56 Å². The Balaban J connectivity index is 2.12. The Morgan fingerprint density at radius 1 is 1.33 bits per heavy atom. The lowest BCUT2D eigenvalue weighted by Crippen LogP contribution is -2.19. The van der Waals surface area contributed by atoms with Crippen molar-refractivity contribution in [1.29, 1.82) is 5.26 Å². The molecule has 0 aromatic carbocycles. The van der Waals surface area contributed by atoms with Crippen LogP contribution in [0.2, 0.25) is 0 Å². The number of nitrogens with zero attached hydrogens (tertiary/aromatic N) is 2. The monoisotopic (exact) mass is 326 g/mol. The fourth-order valence-electron chi connectivity index (χ4n) is 2.55. The number of H-pyrrole nitrogens is 1. The summed E-state index contributed by atoms with van der Waals surface area (Å²) in [6.07, 6.45) is 2.15. The third-order valence-corrected chi connectivity index (χ3v) is 3.89. The third-order valence-electron chi connectivity index (χ3n) is 3.89. The van der Waals surface area contributed by atoms with Crippen LogP contribution in [-0.2, 0) is 18.3 Å². The molecule has 2 heterocycles. The van der Waals surface area contributed by atoms with Gasteiger partial charge in [-0.15, -0.1) is 0 Å². The van der Waals surface area contributed by atoms with E-state index >= 15 is 0 Å². The molecule has 0 radical (unpaired) electrons. The van der Waals surface area contributed by atoms with Crippen LogP contribution >= 0.6 is 0 Å². The number of carbonyl (C=O) groups is 1. The Labute approximate surface area is 138 Å². The van der Waals surface area contributed by atoms with Crippen molar-refractivity contribution >= 4 is 11.6 Å². The van der Waals surface area contributed by atoms with Gasteiger partial charge in [0.1, 0.15) is 11.6 Å². The third kappa shape index (κ3) is 3.60. The summed E-state index contributed by atoms with van der Waals surface area (Å²) in [6, 6.07) is 4.82. The highest BCUT2D eigenvalue weighted by Crippen LogP contribution is 2.15. The molecule has 0 fully saturated rings. The smallest absolute Gasteiger partial charge is 0.266 e. The molecule has 0 aliphatic rings. The molecule has 2 aromatic rings. The van der Waals surface area contributed by atoms with Crippen molar-refractivity contribution in [3.63, 3.8) is 0 Å². The van der Waals surface area contributed by atoms with Crippen molar-refractivity contribution in [2.75, 3.05) is 5.32 Å². The van der Waals surface area contributed by atoms with Crippen molar-refractivity contribution in [2.24, 2.45) is 7.05 Å². The van der Waals surface area contributed by atoms with Gasteiger partial charge in [-0.1, -0.05) is 0 Å². The topological polar surface area (TPSA) is 108 Å². The zero-order valence-corrected chi connectivity index (χ0v) is 13.8. The van der Waals surface area contributed by atoms with Crippen LogP contribution in [0.5, 0.6) is 0 Å². The van der Waals surface area contributed by atoms with E-state index in [1.807, 2.05) is 6.07 Å². The summed E-state index contributed by atoms with van der Waals surface area (Å²) in [4.78, 5) is 37.8. The lowest BCUT2D eigenvalue weighted by Gasteiger charge is -2.11. The zero-order valence-electron chi connectivity index (χ0n) is 13.8. The van der Waals surface area contributed by atoms with E-state index in [1.54, 1.807) is 33.2 Å². The van der Waals surface area contributed by atoms with Gasteiger partial charge in [-0.2, -0.15) is 5.26 Å². The Morgan fingerprint density at radius 2 is 2.04 bits per heavy atom. The van der Waals surface area contributed by atoms with Crippen molar-refractivity contribution in [3.05, 3.63) is 61.4 Å². The zero-order chi connectivity index (χ0) is 17.9. The standard InChI is InChI=1S/C17H18N4O3/c1-10-13(11(2)19-17(24)14(10)8-18)5-6-15(22)20-12-4-7-16(23)21(3)9-12/h4,7,9H,5-6H2,1-3H3,(H,19,24)(H,20,22). The molecule has 0 bridgehead atoms. The minimum atomic E-state index is -0.411. The minimum absolute atomic E-state index is 0.0778. The van der Waals surface area contributed by atoms with E-state index in [0.29, 0.717) is 23.4 Å². The van der Waals surface area contributed by atoms with Gasteiger partial charge in [0.25, 0.3) is 5.56 Å². The molecule has 7 heteroatoms. The molecule has 0 saturated heterocycles. The summed E-state index contributed by atoms with van der Waals surface area (Å²) >= 11 is 0. The summed E-state index contributed by atoms with van der Waals surface area (Å²) in [5.74, 6) is -0.211. The van der Waals surface area contributed by atoms with E-state index in [0.717, 1.165) is 5.56 Å². The quantitative estimate of drug-likeness (QED) is 0.878. The second-order valence-corrected chi connectivity index (χ2v) is 5.58. The second kappa shape index (κ2) is 6.96. The van der Waals surface area contributed by atoms with Gasteiger partial charge in [0.15, 0.2) is 0 Å². The Kier molecular flexibility index (Phi) is 4.99. The summed E-state index contributed by atoms with van der Waals surface area (Å²) in [5.41, 5.74) is 2.10. The predicted octanol–water partition coefficient (Wildman–Crippen LogP) is 1.13. The summed E-state index contributed by atoms with van der Waals surface area (Å²) < 4.78 is 1.38. The normalized spacial score (nSPS) is 10.2. The van der Waals surface area contributed by atoms with Crippen LogP contribution in [0, 0.1) is 25.2 Å². The number of carbonyl (C=O) groups excluding carboxylic acids is 1. The molecule has 0 atom stereocenters. The van der Waals surface area contributed by atoms with Gasteiger partial charge in [-0.3, -0.25) is 14.4 Å². The Morgan fingerprint density at radius 3 is 2.67 bits per heavy atom. The average molecular weight is 326 g/mol. The van der Waals surface area contributed by atoms with Gasteiger partial charge in [0, 0.05) is 31.4 Å². The van der Waals surface area contributed by atoms with Crippen LogP contribution in [0.25, 0.3) is 0 Å². The number of hydrogen-bond acceptors (Lipinski definition) is 4. The first kappa shape index (κ1) is 17.2. The molecule has 0 aliphatic carbocycles. The van der Waals surface area contributed by atoms with Crippen LogP contribution in [0.1, 0.15) is 28.8 Å². The molecule has 0 aliphatic heterocycles. The molecule has 2 N–H and O–H groups in total. The molecular formula is C17H18N4O3. The summed E-state index contributed by atoms with van der Waals surface area (Å²) in [5, 5.41) is 11.8. The highest BCUT2D eigenvalue weighted by Gasteiger charge is 2.13. The van der Waals surface area contributed by atoms with E-state index in [2.05, 4.69) is 10.3 Å². The first-order chi connectivity index (χ1) is 11.3. The van der Waals surface area contributed by atoms with Crippen molar-refractivity contribution in [3.8, 4) is 6.07 Å². The molecule has 1 amide bonds. The fraction of sp³-hybridized carbons (Fsp3) is 0.294. The largest absolute Gasteiger partial charge is 0.325 e. The van der Waals surface area contributed by atoms with Gasteiger partial charge in [-0.05, 0) is 37.5 Å². The first-order valence-corrected chi connectivity index (χ1v) is 7.42. The second-order valence-electron chi connectivity index (χ2n) is 5.58. The number of aryl methyl sites for hydroxylation is 2. The van der Waals surface area contributed by atoms with E-state index in [4.69, 9.17) is 5.26 Å². The van der Waals surface area contributed by atoms with Crippen LogP contribution < -0.4 is 16.4 Å². The molecule has 0 spiro atoms. The highest BCUT2D eigenvalue weighted by molar-refractivity contribution is 5.90. The molecular weight excluding hydrogens is 308 g/mol. The number of rotatable bonds is 4. The summed E-state index contributed by atoms with van der Waals surface area (Å²) in [6.45, 7) is 3.46. The number of nitrogens with one attached hydrogen (secondary N) is 2. The molecule has 7 nitrogen and oxygen atoms in total. The van der Waals surface area contributed by atoms with Gasteiger partial charge in [-0.25, -0.2) is 0 Å². The average Bonchev–Trinajstić information content (AvgIpc) is 2.51. The first-order valence-electron chi connectivity index (χ1n) is 7.42. The van der Waals surface area contributed by atoms with Gasteiger partial charge >= 0.3 is 0 Å². The maximum Gasteiger partial charge on any atom is 0.266 e. The number of amides is 1. The van der Waals surface area contributed by atoms with E-state index in [9.17, 15) is 14.4 Å². The molecule has 0 unspecified atom stereocenters. The van der Waals surface area contributed by atoms with E-state index in [-0.39, 0.29) is 23.5 Å². The van der Waals surface area contributed by atoms with Gasteiger partial charge in [0.2, 0.25) is 11.5 Å². The van der Waals surface area contributed by atoms with Crippen molar-refractivity contribution in [2.45, 2.75) is 26.7 Å². The molecule has 2 aromatic heterocycles. The molecule has 24 heavy (non-hydrogen) atoms. The number of anilines is 1. The molecule has 2 rings (SSSR count).